The van der Waals surface area contributed by atoms with Crippen LogP contribution in [0.25, 0.3) is 0 Å². The maximum Gasteiger partial charge on any atom is 0.414 e. The Hall–Kier alpha value is -1.60. The highest BCUT2D eigenvalue weighted by atomic mass is 32.2. The van der Waals surface area contributed by atoms with Gasteiger partial charge in [-0.15, -0.1) is 0 Å². The Labute approximate surface area is 112 Å². The minimum absolute atomic E-state index is 0.0935. The topological polar surface area (TPSA) is 72.9 Å². The minimum atomic E-state index is -3.63. The number of anilines is 1. The first-order valence-electron chi connectivity index (χ1n) is 5.93. The first kappa shape index (κ1) is 13.8. The van der Waals surface area contributed by atoms with E-state index in [1.54, 1.807) is 31.2 Å². The van der Waals surface area contributed by atoms with Gasteiger partial charge in [0, 0.05) is 0 Å². The molecule has 0 N–H and O–H groups in total. The zero-order valence-corrected chi connectivity index (χ0v) is 11.4. The maximum atomic E-state index is 11.7. The molecule has 1 amide bonds. The van der Waals surface area contributed by atoms with Gasteiger partial charge in [0.1, 0.15) is 12.4 Å². The lowest BCUT2D eigenvalue weighted by molar-refractivity contribution is 0.181. The van der Waals surface area contributed by atoms with Crippen LogP contribution in [0.5, 0.6) is 0 Å². The average Bonchev–Trinajstić information content (AvgIpc) is 2.75. The SMILES string of the molecule is CCOS(=O)(=O)Cc1ccccc1N1CCOC1=O. The predicted octanol–water partition coefficient (Wildman–Crippen LogP) is 1.51. The summed E-state index contributed by atoms with van der Waals surface area (Å²) in [6.07, 6.45) is -0.457. The van der Waals surface area contributed by atoms with E-state index in [2.05, 4.69) is 0 Å². The van der Waals surface area contributed by atoms with Crippen molar-refractivity contribution in [2.75, 3.05) is 24.7 Å². The van der Waals surface area contributed by atoms with Crippen molar-refractivity contribution < 1.29 is 22.1 Å². The van der Waals surface area contributed by atoms with Crippen LogP contribution in [-0.2, 0) is 24.8 Å². The fourth-order valence-electron chi connectivity index (χ4n) is 1.92. The second-order valence-electron chi connectivity index (χ2n) is 4.00. The van der Waals surface area contributed by atoms with Crippen LogP contribution >= 0.6 is 0 Å². The Bertz CT molecular complexity index is 569. The van der Waals surface area contributed by atoms with Crippen molar-refractivity contribution in [2.45, 2.75) is 12.7 Å². The van der Waals surface area contributed by atoms with Gasteiger partial charge in [0.15, 0.2) is 0 Å². The number of benzene rings is 1. The number of cyclic esters (lactones) is 1. The fraction of sp³-hybridized carbons (Fsp3) is 0.417. The second kappa shape index (κ2) is 5.58. The van der Waals surface area contributed by atoms with E-state index < -0.39 is 16.2 Å². The molecule has 1 saturated heterocycles. The summed E-state index contributed by atoms with van der Waals surface area (Å²) in [5.41, 5.74) is 1.07. The number of nitrogens with zero attached hydrogens (tertiary/aromatic N) is 1. The number of hydrogen-bond acceptors (Lipinski definition) is 5. The van der Waals surface area contributed by atoms with E-state index in [1.807, 2.05) is 0 Å². The number of amides is 1. The zero-order valence-electron chi connectivity index (χ0n) is 10.5. The molecular weight excluding hydrogens is 270 g/mol. The molecule has 1 aliphatic heterocycles. The lowest BCUT2D eigenvalue weighted by atomic mass is 10.2. The van der Waals surface area contributed by atoms with Crippen molar-refractivity contribution in [3.63, 3.8) is 0 Å². The fourth-order valence-corrected chi connectivity index (χ4v) is 2.99. The van der Waals surface area contributed by atoms with E-state index in [0.717, 1.165) is 0 Å². The van der Waals surface area contributed by atoms with Crippen molar-refractivity contribution in [1.29, 1.82) is 0 Å². The Morgan fingerprint density at radius 1 is 1.37 bits per heavy atom. The molecule has 0 saturated carbocycles. The van der Waals surface area contributed by atoms with Crippen molar-refractivity contribution >= 4 is 21.9 Å². The van der Waals surface area contributed by atoms with Gasteiger partial charge in [0.05, 0.1) is 18.8 Å². The summed E-state index contributed by atoms with van der Waals surface area (Å²) in [7, 11) is -3.63. The third kappa shape index (κ3) is 3.24. The van der Waals surface area contributed by atoms with Gasteiger partial charge in [-0.05, 0) is 18.6 Å². The van der Waals surface area contributed by atoms with Crippen LogP contribution in [0.1, 0.15) is 12.5 Å². The van der Waals surface area contributed by atoms with E-state index in [1.165, 1.54) is 4.90 Å². The van der Waals surface area contributed by atoms with Gasteiger partial charge >= 0.3 is 6.09 Å². The van der Waals surface area contributed by atoms with Crippen LogP contribution in [0.15, 0.2) is 24.3 Å². The molecule has 0 aliphatic carbocycles. The summed E-state index contributed by atoms with van der Waals surface area (Å²) >= 11 is 0. The summed E-state index contributed by atoms with van der Waals surface area (Å²) in [6, 6.07) is 6.83. The molecule has 0 atom stereocenters. The molecule has 0 bridgehead atoms. The van der Waals surface area contributed by atoms with Crippen molar-refractivity contribution in [1.82, 2.24) is 0 Å². The van der Waals surface area contributed by atoms with Crippen LogP contribution in [0.3, 0.4) is 0 Å². The highest BCUT2D eigenvalue weighted by Crippen LogP contribution is 2.25. The summed E-state index contributed by atoms with van der Waals surface area (Å²) in [5.74, 6) is -0.263. The smallest absolute Gasteiger partial charge is 0.414 e. The van der Waals surface area contributed by atoms with Gasteiger partial charge in [0.2, 0.25) is 0 Å². The highest BCUT2D eigenvalue weighted by molar-refractivity contribution is 7.85. The summed E-state index contributed by atoms with van der Waals surface area (Å²) in [6.45, 7) is 2.44. The third-order valence-corrected chi connectivity index (χ3v) is 3.93. The molecular formula is C12H15NO5S. The number of carbonyl (C=O) groups is 1. The molecule has 2 rings (SSSR count). The number of rotatable bonds is 5. The first-order valence-corrected chi connectivity index (χ1v) is 7.50. The van der Waals surface area contributed by atoms with Crippen molar-refractivity contribution in [3.8, 4) is 0 Å². The van der Waals surface area contributed by atoms with Gasteiger partial charge in [-0.1, -0.05) is 18.2 Å². The standard InChI is InChI=1S/C12H15NO5S/c1-2-18-19(15,16)9-10-5-3-4-6-11(10)13-7-8-17-12(13)14/h3-6H,2,7-9H2,1H3. The van der Waals surface area contributed by atoms with E-state index in [-0.39, 0.29) is 12.4 Å². The molecule has 1 heterocycles. The summed E-state index contributed by atoms with van der Waals surface area (Å²) in [4.78, 5) is 13.0. The molecule has 1 aliphatic rings. The van der Waals surface area contributed by atoms with Gasteiger partial charge in [-0.2, -0.15) is 8.42 Å². The first-order chi connectivity index (χ1) is 9.03. The lowest BCUT2D eigenvalue weighted by Crippen LogP contribution is -2.25. The van der Waals surface area contributed by atoms with Gasteiger partial charge in [0.25, 0.3) is 10.1 Å². The normalized spacial score (nSPS) is 15.6. The van der Waals surface area contributed by atoms with Gasteiger partial charge < -0.3 is 4.74 Å². The molecule has 0 unspecified atom stereocenters. The number of ether oxygens (including phenoxy) is 1. The molecule has 7 heteroatoms. The summed E-state index contributed by atoms with van der Waals surface area (Å²) < 4.78 is 33.0. The Morgan fingerprint density at radius 3 is 2.74 bits per heavy atom. The van der Waals surface area contributed by atoms with Crippen LogP contribution < -0.4 is 4.90 Å². The molecule has 0 aromatic heterocycles. The Balaban J connectivity index is 2.29. The van der Waals surface area contributed by atoms with Crippen LogP contribution in [-0.4, -0.2) is 34.3 Å². The minimum Gasteiger partial charge on any atom is -0.447 e. The van der Waals surface area contributed by atoms with E-state index in [0.29, 0.717) is 24.4 Å². The van der Waals surface area contributed by atoms with Crippen LogP contribution in [0.2, 0.25) is 0 Å². The Morgan fingerprint density at radius 2 is 2.11 bits per heavy atom. The number of hydrogen-bond donors (Lipinski definition) is 0. The zero-order chi connectivity index (χ0) is 13.9. The maximum absolute atomic E-state index is 11.7. The molecule has 6 nitrogen and oxygen atoms in total. The number of para-hydroxylation sites is 1. The van der Waals surface area contributed by atoms with Crippen LogP contribution in [0.4, 0.5) is 10.5 Å². The molecule has 0 radical (unpaired) electrons. The molecule has 104 valence electrons. The van der Waals surface area contributed by atoms with E-state index in [4.69, 9.17) is 8.92 Å². The van der Waals surface area contributed by atoms with Crippen LogP contribution in [0, 0.1) is 0 Å². The van der Waals surface area contributed by atoms with Gasteiger partial charge in [-0.25, -0.2) is 4.79 Å². The van der Waals surface area contributed by atoms with Gasteiger partial charge in [-0.3, -0.25) is 9.08 Å². The molecule has 1 aromatic carbocycles. The Kier molecular flexibility index (Phi) is 4.06. The van der Waals surface area contributed by atoms with Crippen molar-refractivity contribution in [2.24, 2.45) is 0 Å². The third-order valence-electron chi connectivity index (χ3n) is 2.67. The average molecular weight is 285 g/mol. The molecule has 0 spiro atoms. The van der Waals surface area contributed by atoms with E-state index in [9.17, 15) is 13.2 Å². The largest absolute Gasteiger partial charge is 0.447 e. The second-order valence-corrected chi connectivity index (χ2v) is 5.64. The monoisotopic (exact) mass is 285 g/mol. The van der Waals surface area contributed by atoms with Crippen molar-refractivity contribution in [3.05, 3.63) is 29.8 Å². The summed E-state index contributed by atoms with van der Waals surface area (Å²) in [5, 5.41) is 0. The molecule has 1 fully saturated rings. The molecule has 1 aromatic rings. The highest BCUT2D eigenvalue weighted by Gasteiger charge is 2.26. The quantitative estimate of drug-likeness (QED) is 0.767. The predicted molar refractivity (Wildman–Crippen MR) is 69.4 cm³/mol. The molecule has 19 heavy (non-hydrogen) atoms. The lowest BCUT2D eigenvalue weighted by Gasteiger charge is -2.17. The van der Waals surface area contributed by atoms with E-state index >= 15 is 0 Å². The number of carbonyl (C=O) groups excluding carboxylic acids is 1.